The summed E-state index contributed by atoms with van der Waals surface area (Å²) >= 11 is 0. The van der Waals surface area contributed by atoms with Crippen LogP contribution in [-0.2, 0) is 11.2 Å². The van der Waals surface area contributed by atoms with Crippen LogP contribution in [0.15, 0.2) is 59.1 Å². The number of ether oxygens (including phenoxy) is 1. The van der Waals surface area contributed by atoms with Crippen LogP contribution in [0.25, 0.3) is 11.3 Å². The van der Waals surface area contributed by atoms with Crippen molar-refractivity contribution in [2.75, 3.05) is 20.2 Å². The summed E-state index contributed by atoms with van der Waals surface area (Å²) < 4.78 is 24.3. The Kier molecular flexibility index (Phi) is 6.42. The summed E-state index contributed by atoms with van der Waals surface area (Å²) in [7, 11) is 1.75. The van der Waals surface area contributed by atoms with E-state index in [0.717, 1.165) is 16.9 Å². The summed E-state index contributed by atoms with van der Waals surface area (Å²) in [4.78, 5) is 18.1. The lowest BCUT2D eigenvalue weighted by molar-refractivity contribution is -0.130. The average molecular weight is 382 g/mol. The highest BCUT2D eigenvalue weighted by Crippen LogP contribution is 2.21. The van der Waals surface area contributed by atoms with E-state index in [1.54, 1.807) is 30.3 Å². The van der Waals surface area contributed by atoms with Gasteiger partial charge in [0, 0.05) is 25.5 Å². The van der Waals surface area contributed by atoms with Gasteiger partial charge in [-0.15, -0.1) is 0 Å². The second kappa shape index (κ2) is 9.17. The lowest BCUT2D eigenvalue weighted by atomic mass is 10.2. The van der Waals surface area contributed by atoms with Crippen LogP contribution in [0.2, 0.25) is 0 Å². The molecule has 0 aliphatic rings. The lowest BCUT2D eigenvalue weighted by Gasteiger charge is -2.17. The van der Waals surface area contributed by atoms with Crippen molar-refractivity contribution in [1.29, 1.82) is 0 Å². The van der Waals surface area contributed by atoms with E-state index in [9.17, 15) is 9.18 Å². The third-order valence-corrected chi connectivity index (χ3v) is 4.35. The topological polar surface area (TPSA) is 55.6 Å². The maximum absolute atomic E-state index is 13.0. The van der Waals surface area contributed by atoms with Crippen LogP contribution in [0, 0.1) is 12.7 Å². The van der Waals surface area contributed by atoms with E-state index in [2.05, 4.69) is 4.98 Å². The van der Waals surface area contributed by atoms with Gasteiger partial charge in [0.05, 0.1) is 12.7 Å². The molecular formula is C22H23FN2O3. The summed E-state index contributed by atoms with van der Waals surface area (Å²) in [6, 6.07) is 13.8. The lowest BCUT2D eigenvalue weighted by Crippen LogP contribution is -2.31. The number of rotatable bonds is 8. The highest BCUT2D eigenvalue weighted by Gasteiger charge is 2.12. The van der Waals surface area contributed by atoms with E-state index >= 15 is 0 Å². The number of aromatic nitrogens is 1. The van der Waals surface area contributed by atoms with Gasteiger partial charge in [-0.2, -0.15) is 0 Å². The molecule has 0 spiro atoms. The molecule has 3 aromatic rings. The van der Waals surface area contributed by atoms with Gasteiger partial charge in [0.25, 0.3) is 0 Å². The minimum absolute atomic E-state index is 0.00521. The number of carbonyl (C=O) groups excluding carboxylic acids is 1. The third-order valence-electron chi connectivity index (χ3n) is 4.35. The van der Waals surface area contributed by atoms with Crippen molar-refractivity contribution in [3.05, 3.63) is 72.0 Å². The van der Waals surface area contributed by atoms with Crippen molar-refractivity contribution < 1.29 is 18.3 Å². The molecule has 28 heavy (non-hydrogen) atoms. The smallest absolute Gasteiger partial charge is 0.222 e. The molecule has 1 amide bonds. The Balaban J connectivity index is 1.44. The molecule has 0 aliphatic heterocycles. The van der Waals surface area contributed by atoms with Gasteiger partial charge in [0.2, 0.25) is 5.91 Å². The Labute approximate surface area is 163 Å². The zero-order valence-electron chi connectivity index (χ0n) is 16.0. The molecule has 1 heterocycles. The van der Waals surface area contributed by atoms with Crippen molar-refractivity contribution in [3.63, 3.8) is 0 Å². The maximum atomic E-state index is 13.0. The maximum Gasteiger partial charge on any atom is 0.222 e. The summed E-state index contributed by atoms with van der Waals surface area (Å²) in [6.07, 6.45) is 2.29. The number of nitrogens with zero attached hydrogens (tertiary/aromatic N) is 2. The summed E-state index contributed by atoms with van der Waals surface area (Å²) in [5, 5.41) is 0. The molecule has 0 saturated carbocycles. The van der Waals surface area contributed by atoms with Gasteiger partial charge in [-0.25, -0.2) is 9.37 Å². The Hall–Kier alpha value is -3.15. The fraction of sp³-hybridized carbons (Fsp3) is 0.273. The van der Waals surface area contributed by atoms with Gasteiger partial charge in [-0.3, -0.25) is 4.79 Å². The predicted octanol–water partition coefficient (Wildman–Crippen LogP) is 4.26. The summed E-state index contributed by atoms with van der Waals surface area (Å²) in [5.74, 6) is 1.53. The highest BCUT2D eigenvalue weighted by molar-refractivity contribution is 5.76. The van der Waals surface area contributed by atoms with E-state index in [4.69, 9.17) is 9.15 Å². The Morgan fingerprint density at radius 2 is 2.00 bits per heavy atom. The van der Waals surface area contributed by atoms with Crippen LogP contribution in [-0.4, -0.2) is 36.0 Å². The van der Waals surface area contributed by atoms with Gasteiger partial charge in [0.15, 0.2) is 11.7 Å². The number of hydrogen-bond acceptors (Lipinski definition) is 4. The standard InChI is InChI=1S/C22H23FN2O3/c1-16-4-3-5-19(14-16)27-13-12-25(2)22(26)11-10-21-24-15-20(28-21)17-6-8-18(23)9-7-17/h3-9,14-15H,10-13H2,1-2H3. The first kappa shape index (κ1) is 19.6. The first-order valence-electron chi connectivity index (χ1n) is 9.15. The number of amides is 1. The van der Waals surface area contributed by atoms with E-state index in [1.165, 1.54) is 12.1 Å². The Morgan fingerprint density at radius 3 is 2.75 bits per heavy atom. The van der Waals surface area contributed by atoms with Crippen molar-refractivity contribution in [2.24, 2.45) is 0 Å². The van der Waals surface area contributed by atoms with E-state index < -0.39 is 0 Å². The van der Waals surface area contributed by atoms with Crippen molar-refractivity contribution in [3.8, 4) is 17.1 Å². The second-order valence-electron chi connectivity index (χ2n) is 6.61. The third kappa shape index (κ3) is 5.42. The van der Waals surface area contributed by atoms with Crippen LogP contribution < -0.4 is 4.74 Å². The number of hydrogen-bond donors (Lipinski definition) is 0. The molecule has 0 aliphatic carbocycles. The molecule has 0 saturated heterocycles. The van der Waals surface area contributed by atoms with Gasteiger partial charge in [0.1, 0.15) is 18.2 Å². The highest BCUT2D eigenvalue weighted by atomic mass is 19.1. The van der Waals surface area contributed by atoms with Crippen molar-refractivity contribution in [2.45, 2.75) is 19.8 Å². The molecule has 0 atom stereocenters. The van der Waals surface area contributed by atoms with Crippen LogP contribution in [0.4, 0.5) is 4.39 Å². The fourth-order valence-corrected chi connectivity index (χ4v) is 2.71. The largest absolute Gasteiger partial charge is 0.492 e. The molecule has 0 radical (unpaired) electrons. The number of halogens is 1. The van der Waals surface area contributed by atoms with E-state index in [0.29, 0.717) is 37.6 Å². The number of benzene rings is 2. The Bertz CT molecular complexity index is 922. The number of likely N-dealkylation sites (N-methyl/N-ethyl adjacent to an activating group) is 1. The van der Waals surface area contributed by atoms with Gasteiger partial charge in [-0.1, -0.05) is 12.1 Å². The van der Waals surface area contributed by atoms with Crippen molar-refractivity contribution >= 4 is 5.91 Å². The number of oxazole rings is 1. The average Bonchev–Trinajstić information content (AvgIpc) is 3.15. The molecule has 5 nitrogen and oxygen atoms in total. The summed E-state index contributed by atoms with van der Waals surface area (Å²) in [5.41, 5.74) is 1.88. The molecule has 0 unspecified atom stereocenters. The number of carbonyl (C=O) groups is 1. The molecule has 3 rings (SSSR count). The van der Waals surface area contributed by atoms with Crippen molar-refractivity contribution in [1.82, 2.24) is 9.88 Å². The van der Waals surface area contributed by atoms with Gasteiger partial charge in [-0.05, 0) is 48.9 Å². The minimum atomic E-state index is -0.302. The predicted molar refractivity (Wildman–Crippen MR) is 105 cm³/mol. The van der Waals surface area contributed by atoms with E-state index in [1.807, 2.05) is 31.2 Å². The number of aryl methyl sites for hydroxylation is 2. The normalized spacial score (nSPS) is 10.7. The van der Waals surface area contributed by atoms with Crippen LogP contribution in [0.1, 0.15) is 17.9 Å². The first-order chi connectivity index (χ1) is 13.5. The fourth-order valence-electron chi connectivity index (χ4n) is 2.71. The summed E-state index contributed by atoms with van der Waals surface area (Å²) in [6.45, 7) is 2.94. The minimum Gasteiger partial charge on any atom is -0.492 e. The van der Waals surface area contributed by atoms with E-state index in [-0.39, 0.29) is 11.7 Å². The zero-order valence-corrected chi connectivity index (χ0v) is 16.0. The van der Waals surface area contributed by atoms with Crippen LogP contribution >= 0.6 is 0 Å². The molecule has 0 N–H and O–H groups in total. The monoisotopic (exact) mass is 382 g/mol. The first-order valence-corrected chi connectivity index (χ1v) is 9.15. The zero-order chi connectivity index (χ0) is 19.9. The molecule has 1 aromatic heterocycles. The SMILES string of the molecule is Cc1cccc(OCCN(C)C(=O)CCc2ncc(-c3ccc(F)cc3)o2)c1. The molecule has 0 fully saturated rings. The quantitative estimate of drug-likeness (QED) is 0.584. The molecule has 0 bridgehead atoms. The molecular weight excluding hydrogens is 359 g/mol. The van der Waals surface area contributed by atoms with Gasteiger partial charge >= 0.3 is 0 Å². The molecule has 6 heteroatoms. The Morgan fingerprint density at radius 1 is 1.21 bits per heavy atom. The molecule has 146 valence electrons. The van der Waals surface area contributed by atoms with Crippen LogP contribution in [0.5, 0.6) is 5.75 Å². The second-order valence-corrected chi connectivity index (χ2v) is 6.61. The van der Waals surface area contributed by atoms with Gasteiger partial charge < -0.3 is 14.1 Å². The molecule has 2 aromatic carbocycles. The van der Waals surface area contributed by atoms with Crippen LogP contribution in [0.3, 0.4) is 0 Å².